The van der Waals surface area contributed by atoms with E-state index in [0.717, 1.165) is 19.3 Å². The largest absolute Gasteiger partial charge is 0.481 e. The molecule has 2 fully saturated rings. The van der Waals surface area contributed by atoms with Gasteiger partial charge in [0.25, 0.3) is 0 Å². The molecule has 0 radical (unpaired) electrons. The van der Waals surface area contributed by atoms with Crippen molar-refractivity contribution < 1.29 is 19.4 Å². The smallest absolute Gasteiger partial charge is 0.317 e. The summed E-state index contributed by atoms with van der Waals surface area (Å²) in [6.45, 7) is 6.98. The second kappa shape index (κ2) is 7.07. The number of amides is 2. The van der Waals surface area contributed by atoms with Crippen molar-refractivity contribution >= 4 is 12.0 Å². The lowest BCUT2D eigenvalue weighted by Crippen LogP contribution is -2.64. The zero-order valence-corrected chi connectivity index (χ0v) is 14.7. The molecule has 0 aromatic carbocycles. The van der Waals surface area contributed by atoms with Crippen LogP contribution >= 0.6 is 0 Å². The molecule has 2 aliphatic rings. The van der Waals surface area contributed by atoms with Gasteiger partial charge in [0.05, 0.1) is 12.0 Å². The maximum absolute atomic E-state index is 12.5. The Kier molecular flexibility index (Phi) is 5.55. The number of carbonyl (C=O) groups excluding carboxylic acids is 1. The van der Waals surface area contributed by atoms with Crippen molar-refractivity contribution in [2.24, 2.45) is 11.3 Å². The van der Waals surface area contributed by atoms with E-state index >= 15 is 0 Å². The Morgan fingerprint density at radius 1 is 1.26 bits per heavy atom. The fourth-order valence-electron chi connectivity index (χ4n) is 3.91. The highest BCUT2D eigenvalue weighted by atomic mass is 16.5. The van der Waals surface area contributed by atoms with Gasteiger partial charge in [-0.15, -0.1) is 0 Å². The van der Waals surface area contributed by atoms with E-state index in [2.05, 4.69) is 19.2 Å². The maximum Gasteiger partial charge on any atom is 0.317 e. The average Bonchev–Trinajstić information content (AvgIpc) is 2.51. The first-order valence-corrected chi connectivity index (χ1v) is 8.65. The molecule has 0 spiro atoms. The Hall–Kier alpha value is -1.30. The second-order valence-corrected chi connectivity index (χ2v) is 7.46. The quantitative estimate of drug-likeness (QED) is 0.813. The molecule has 2 amide bonds. The molecule has 6 heteroatoms. The third-order valence-electron chi connectivity index (χ3n) is 5.69. The molecule has 2 atom stereocenters. The van der Waals surface area contributed by atoms with Crippen LogP contribution in [0.5, 0.6) is 0 Å². The van der Waals surface area contributed by atoms with Crippen LogP contribution in [0.2, 0.25) is 0 Å². The highest BCUT2D eigenvalue weighted by molar-refractivity contribution is 5.75. The second-order valence-electron chi connectivity index (χ2n) is 7.46. The van der Waals surface area contributed by atoms with Gasteiger partial charge in [-0.3, -0.25) is 4.79 Å². The van der Waals surface area contributed by atoms with Gasteiger partial charge in [-0.1, -0.05) is 13.8 Å². The van der Waals surface area contributed by atoms with Crippen molar-refractivity contribution in [3.63, 3.8) is 0 Å². The predicted molar refractivity (Wildman–Crippen MR) is 87.3 cm³/mol. The van der Waals surface area contributed by atoms with Crippen molar-refractivity contribution in [3.05, 3.63) is 0 Å². The number of hydrogen-bond donors (Lipinski definition) is 2. The SMILES string of the molecule is CCOC1CC(N(C)C(=O)NC2CCC(C(=O)O)CC2)C1(C)C. The van der Waals surface area contributed by atoms with E-state index in [-0.39, 0.29) is 35.6 Å². The highest BCUT2D eigenvalue weighted by Crippen LogP contribution is 2.45. The molecule has 0 heterocycles. The molecule has 0 bridgehead atoms. The summed E-state index contributed by atoms with van der Waals surface area (Å²) < 4.78 is 5.72. The van der Waals surface area contributed by atoms with Gasteiger partial charge in [0.1, 0.15) is 0 Å². The molecule has 0 aromatic rings. The van der Waals surface area contributed by atoms with Crippen LogP contribution in [0.15, 0.2) is 0 Å². The molecule has 0 aromatic heterocycles. The molecule has 2 saturated carbocycles. The molecule has 2 N–H and O–H groups in total. The Balaban J connectivity index is 1.81. The summed E-state index contributed by atoms with van der Waals surface area (Å²) in [7, 11) is 1.84. The monoisotopic (exact) mass is 326 g/mol. The maximum atomic E-state index is 12.5. The van der Waals surface area contributed by atoms with Gasteiger partial charge in [-0.05, 0) is 39.0 Å². The minimum Gasteiger partial charge on any atom is -0.481 e. The third kappa shape index (κ3) is 3.79. The number of carboxylic acid groups (broad SMARTS) is 1. The molecule has 23 heavy (non-hydrogen) atoms. The van der Waals surface area contributed by atoms with Gasteiger partial charge in [-0.25, -0.2) is 4.79 Å². The number of rotatable bonds is 5. The first-order valence-electron chi connectivity index (χ1n) is 8.65. The Morgan fingerprint density at radius 3 is 2.35 bits per heavy atom. The Labute approximate surface area is 138 Å². The molecule has 2 rings (SSSR count). The third-order valence-corrected chi connectivity index (χ3v) is 5.69. The van der Waals surface area contributed by atoms with Crippen LogP contribution in [0.25, 0.3) is 0 Å². The van der Waals surface area contributed by atoms with Gasteiger partial charge in [-0.2, -0.15) is 0 Å². The summed E-state index contributed by atoms with van der Waals surface area (Å²) in [4.78, 5) is 25.2. The average molecular weight is 326 g/mol. The Morgan fingerprint density at radius 2 is 1.87 bits per heavy atom. The van der Waals surface area contributed by atoms with Crippen molar-refractivity contribution in [1.29, 1.82) is 0 Å². The lowest BCUT2D eigenvalue weighted by Gasteiger charge is -2.54. The summed E-state index contributed by atoms with van der Waals surface area (Å²) in [5, 5.41) is 12.1. The van der Waals surface area contributed by atoms with Gasteiger partial charge in [0.2, 0.25) is 0 Å². The minimum absolute atomic E-state index is 0.0386. The molecule has 0 aliphatic heterocycles. The van der Waals surface area contributed by atoms with E-state index in [9.17, 15) is 9.59 Å². The van der Waals surface area contributed by atoms with E-state index in [0.29, 0.717) is 19.4 Å². The van der Waals surface area contributed by atoms with E-state index < -0.39 is 5.97 Å². The minimum atomic E-state index is -0.718. The van der Waals surface area contributed by atoms with Gasteiger partial charge in [0.15, 0.2) is 0 Å². The summed E-state index contributed by atoms with van der Waals surface area (Å²) >= 11 is 0. The fourth-order valence-corrected chi connectivity index (χ4v) is 3.91. The highest BCUT2D eigenvalue weighted by Gasteiger charge is 2.51. The number of ether oxygens (including phenoxy) is 1. The molecular weight excluding hydrogens is 296 g/mol. The number of carboxylic acids is 1. The molecule has 6 nitrogen and oxygen atoms in total. The van der Waals surface area contributed by atoms with Crippen LogP contribution in [-0.2, 0) is 9.53 Å². The van der Waals surface area contributed by atoms with Gasteiger partial charge < -0.3 is 20.1 Å². The number of hydrogen-bond acceptors (Lipinski definition) is 3. The summed E-state index contributed by atoms with van der Waals surface area (Å²) in [5.41, 5.74) is -0.0386. The predicted octanol–water partition coefficient (Wildman–Crippen LogP) is 2.47. The first-order chi connectivity index (χ1) is 10.8. The zero-order chi connectivity index (χ0) is 17.2. The number of nitrogens with zero attached hydrogens (tertiary/aromatic N) is 1. The standard InChI is InChI=1S/C17H30N2O4/c1-5-23-14-10-13(17(14,2)3)19(4)16(22)18-12-8-6-11(7-9-12)15(20)21/h11-14H,5-10H2,1-4H3,(H,18,22)(H,20,21). The molecule has 132 valence electrons. The lowest BCUT2D eigenvalue weighted by atomic mass is 9.64. The van der Waals surface area contributed by atoms with Crippen molar-refractivity contribution in [3.8, 4) is 0 Å². The first kappa shape index (κ1) is 18.0. The molecular formula is C17H30N2O4. The van der Waals surface area contributed by atoms with Crippen LogP contribution in [0.3, 0.4) is 0 Å². The summed E-state index contributed by atoms with van der Waals surface area (Å²) in [5.74, 6) is -0.969. The molecule has 0 saturated heterocycles. The number of urea groups is 1. The van der Waals surface area contributed by atoms with Crippen LogP contribution in [0, 0.1) is 11.3 Å². The van der Waals surface area contributed by atoms with E-state index in [4.69, 9.17) is 9.84 Å². The summed E-state index contributed by atoms with van der Waals surface area (Å²) in [6.07, 6.45) is 3.85. The van der Waals surface area contributed by atoms with Crippen LogP contribution in [0.4, 0.5) is 4.79 Å². The van der Waals surface area contributed by atoms with Crippen LogP contribution in [-0.4, -0.2) is 53.8 Å². The number of nitrogens with one attached hydrogen (secondary N) is 1. The van der Waals surface area contributed by atoms with Crippen molar-refractivity contribution in [2.45, 2.75) is 71.1 Å². The lowest BCUT2D eigenvalue weighted by molar-refractivity contribution is -0.142. The van der Waals surface area contributed by atoms with Crippen molar-refractivity contribution in [2.75, 3.05) is 13.7 Å². The summed E-state index contributed by atoms with van der Waals surface area (Å²) in [6, 6.07) is 0.206. The normalized spacial score (nSPS) is 32.7. The zero-order valence-electron chi connectivity index (χ0n) is 14.7. The van der Waals surface area contributed by atoms with E-state index in [1.807, 2.05) is 14.0 Å². The number of aliphatic carboxylic acids is 1. The van der Waals surface area contributed by atoms with Crippen LogP contribution in [0.1, 0.15) is 52.9 Å². The van der Waals surface area contributed by atoms with Crippen molar-refractivity contribution in [1.82, 2.24) is 10.2 Å². The fraction of sp³-hybridized carbons (Fsp3) is 0.882. The molecule has 2 aliphatic carbocycles. The Bertz CT molecular complexity index is 444. The van der Waals surface area contributed by atoms with Crippen LogP contribution < -0.4 is 5.32 Å². The topological polar surface area (TPSA) is 78.9 Å². The van der Waals surface area contributed by atoms with E-state index in [1.165, 1.54) is 0 Å². The molecule has 2 unspecified atom stereocenters. The van der Waals surface area contributed by atoms with Gasteiger partial charge in [0, 0.05) is 31.2 Å². The van der Waals surface area contributed by atoms with E-state index in [1.54, 1.807) is 4.90 Å². The number of carbonyl (C=O) groups is 2. The van der Waals surface area contributed by atoms with Gasteiger partial charge >= 0.3 is 12.0 Å².